The average Bonchev–Trinajstić information content (AvgIpc) is 3.50. The van der Waals surface area contributed by atoms with Gasteiger partial charge in [-0.1, -0.05) is 25.1 Å². The number of hydrogen-bond donors (Lipinski definition) is 3. The van der Waals surface area contributed by atoms with Gasteiger partial charge in [0, 0.05) is 36.0 Å². The minimum absolute atomic E-state index is 0.176. The van der Waals surface area contributed by atoms with Gasteiger partial charge in [0.05, 0.1) is 25.1 Å². The SMILES string of the molecule is CCc1cc(O)ccc1-c1ccc2c(-c3ncc(C4=CC[C@H](C)N(CC5COC5)C4)[nH]3)[nH]nc2c1F. The first-order valence-corrected chi connectivity index (χ1v) is 12.6. The van der Waals surface area contributed by atoms with Gasteiger partial charge in [0.1, 0.15) is 17.0 Å². The van der Waals surface area contributed by atoms with E-state index in [9.17, 15) is 5.11 Å². The number of H-pyrrole nitrogens is 2. The van der Waals surface area contributed by atoms with Gasteiger partial charge in [0.2, 0.25) is 0 Å². The van der Waals surface area contributed by atoms with Crippen molar-refractivity contribution in [3.05, 3.63) is 59.7 Å². The van der Waals surface area contributed by atoms with Gasteiger partial charge in [-0.05, 0) is 54.7 Å². The number of aromatic hydroxyl groups is 1. The second-order valence-electron chi connectivity index (χ2n) is 9.91. The Balaban J connectivity index is 1.29. The zero-order valence-electron chi connectivity index (χ0n) is 20.5. The summed E-state index contributed by atoms with van der Waals surface area (Å²) in [5, 5.41) is 17.8. The van der Waals surface area contributed by atoms with E-state index in [1.54, 1.807) is 24.3 Å². The third-order valence-electron chi connectivity index (χ3n) is 7.49. The first-order valence-electron chi connectivity index (χ1n) is 12.6. The third kappa shape index (κ3) is 4.00. The minimum Gasteiger partial charge on any atom is -0.508 e. The highest BCUT2D eigenvalue weighted by molar-refractivity contribution is 5.95. The van der Waals surface area contributed by atoms with E-state index in [1.807, 2.05) is 19.2 Å². The number of ether oxygens (including phenoxy) is 1. The van der Waals surface area contributed by atoms with Crippen LogP contribution in [0.4, 0.5) is 4.39 Å². The molecule has 1 atom stereocenters. The molecule has 0 bridgehead atoms. The van der Waals surface area contributed by atoms with Crippen molar-refractivity contribution in [1.82, 2.24) is 25.1 Å². The number of benzene rings is 2. The molecule has 186 valence electrons. The van der Waals surface area contributed by atoms with E-state index in [0.717, 1.165) is 49.5 Å². The molecule has 7 nitrogen and oxygen atoms in total. The van der Waals surface area contributed by atoms with Crippen LogP contribution in [0.15, 0.2) is 42.6 Å². The standard InChI is InChI=1S/C28H30FN5O2/c1-3-18-10-20(35)6-7-21(18)22-8-9-23-26(25(22)29)32-33-27(23)28-30-11-24(31-28)19-5-4-16(2)34(13-19)12-17-14-36-15-17/h5-11,16-17,35H,3-4,12-15H2,1-2H3,(H,30,31)(H,32,33)/t16-/m0/s1. The normalized spacial score (nSPS) is 19.0. The van der Waals surface area contributed by atoms with E-state index in [4.69, 9.17) is 4.74 Å². The van der Waals surface area contributed by atoms with Crippen molar-refractivity contribution in [3.8, 4) is 28.4 Å². The van der Waals surface area contributed by atoms with Crippen molar-refractivity contribution < 1.29 is 14.2 Å². The highest BCUT2D eigenvalue weighted by Crippen LogP contribution is 2.35. The van der Waals surface area contributed by atoms with E-state index in [2.05, 4.69) is 38.1 Å². The average molecular weight is 488 g/mol. The molecule has 1 saturated heterocycles. The largest absolute Gasteiger partial charge is 0.508 e. The van der Waals surface area contributed by atoms with E-state index >= 15 is 4.39 Å². The Hall–Kier alpha value is -3.49. The van der Waals surface area contributed by atoms with Crippen LogP contribution in [0.2, 0.25) is 0 Å². The third-order valence-corrected chi connectivity index (χ3v) is 7.49. The molecule has 0 spiro atoms. The molecule has 36 heavy (non-hydrogen) atoms. The molecule has 2 aromatic heterocycles. The molecule has 2 aromatic carbocycles. The molecule has 4 heterocycles. The maximum Gasteiger partial charge on any atom is 0.159 e. The zero-order chi connectivity index (χ0) is 24.8. The fraction of sp³-hybridized carbons (Fsp3) is 0.357. The van der Waals surface area contributed by atoms with Crippen molar-refractivity contribution in [2.45, 2.75) is 32.7 Å². The number of nitrogens with one attached hydrogen (secondary N) is 2. The van der Waals surface area contributed by atoms with Gasteiger partial charge in [-0.2, -0.15) is 5.10 Å². The molecule has 0 amide bonds. The van der Waals surface area contributed by atoms with Crippen LogP contribution >= 0.6 is 0 Å². The molecule has 8 heteroatoms. The van der Waals surface area contributed by atoms with Gasteiger partial charge in [0.25, 0.3) is 0 Å². The number of halogens is 1. The number of imidazole rings is 1. The second kappa shape index (κ2) is 9.19. The molecule has 0 unspecified atom stereocenters. The number of aromatic nitrogens is 4. The first-order chi connectivity index (χ1) is 17.5. The number of hydrogen-bond acceptors (Lipinski definition) is 5. The van der Waals surface area contributed by atoms with Gasteiger partial charge in [-0.15, -0.1) is 0 Å². The Bertz CT molecular complexity index is 1450. The molecule has 2 aliphatic rings. The Morgan fingerprint density at radius 3 is 2.81 bits per heavy atom. The van der Waals surface area contributed by atoms with Crippen molar-refractivity contribution in [1.29, 1.82) is 0 Å². The summed E-state index contributed by atoms with van der Waals surface area (Å²) in [7, 11) is 0. The zero-order valence-corrected chi connectivity index (χ0v) is 20.5. The number of nitrogens with zero attached hydrogens (tertiary/aromatic N) is 3. The molecule has 6 rings (SSSR count). The molecular formula is C28H30FN5O2. The van der Waals surface area contributed by atoms with Crippen LogP contribution < -0.4 is 0 Å². The van der Waals surface area contributed by atoms with E-state index in [0.29, 0.717) is 40.8 Å². The predicted octanol–water partition coefficient (Wildman–Crippen LogP) is 5.15. The van der Waals surface area contributed by atoms with Crippen molar-refractivity contribution in [2.24, 2.45) is 5.92 Å². The maximum absolute atomic E-state index is 15.6. The summed E-state index contributed by atoms with van der Waals surface area (Å²) in [6.45, 7) is 7.88. The van der Waals surface area contributed by atoms with Crippen LogP contribution in [0.3, 0.4) is 0 Å². The lowest BCUT2D eigenvalue weighted by molar-refractivity contribution is -0.0492. The lowest BCUT2D eigenvalue weighted by Gasteiger charge is -2.38. The molecule has 1 fully saturated rings. The summed E-state index contributed by atoms with van der Waals surface area (Å²) in [6.07, 6.45) is 5.82. The quantitative estimate of drug-likeness (QED) is 0.350. The van der Waals surface area contributed by atoms with Crippen LogP contribution in [0, 0.1) is 11.7 Å². The van der Waals surface area contributed by atoms with Gasteiger partial charge < -0.3 is 14.8 Å². The summed E-state index contributed by atoms with van der Waals surface area (Å²) in [6, 6.07) is 9.18. The lowest BCUT2D eigenvalue weighted by atomic mass is 9.96. The monoisotopic (exact) mass is 487 g/mol. The Morgan fingerprint density at radius 1 is 1.19 bits per heavy atom. The highest BCUT2D eigenvalue weighted by Gasteiger charge is 2.27. The van der Waals surface area contributed by atoms with Crippen molar-refractivity contribution in [2.75, 3.05) is 26.3 Å². The number of phenolic OH excluding ortho intramolecular Hbond substituents is 1. The van der Waals surface area contributed by atoms with Crippen LogP contribution in [-0.4, -0.2) is 62.5 Å². The highest BCUT2D eigenvalue weighted by atomic mass is 19.1. The molecule has 0 aliphatic carbocycles. The van der Waals surface area contributed by atoms with Crippen molar-refractivity contribution >= 4 is 16.5 Å². The molecule has 0 radical (unpaired) electrons. The molecule has 0 saturated carbocycles. The molecule has 2 aliphatic heterocycles. The second-order valence-corrected chi connectivity index (χ2v) is 9.91. The number of phenols is 1. The smallest absolute Gasteiger partial charge is 0.159 e. The van der Waals surface area contributed by atoms with Gasteiger partial charge in [0.15, 0.2) is 11.6 Å². The summed E-state index contributed by atoms with van der Waals surface area (Å²) in [5.41, 5.74) is 5.25. The van der Waals surface area contributed by atoms with E-state index in [1.165, 1.54) is 5.57 Å². The van der Waals surface area contributed by atoms with E-state index in [-0.39, 0.29) is 17.1 Å². The fourth-order valence-corrected chi connectivity index (χ4v) is 5.25. The predicted molar refractivity (Wildman–Crippen MR) is 138 cm³/mol. The summed E-state index contributed by atoms with van der Waals surface area (Å²) in [4.78, 5) is 10.6. The van der Waals surface area contributed by atoms with Crippen LogP contribution in [-0.2, 0) is 11.2 Å². The first kappa shape index (κ1) is 22.9. The van der Waals surface area contributed by atoms with Crippen LogP contribution in [0.25, 0.3) is 39.1 Å². The maximum atomic E-state index is 15.6. The Kier molecular flexibility index (Phi) is 5.85. The summed E-state index contributed by atoms with van der Waals surface area (Å²) >= 11 is 0. The van der Waals surface area contributed by atoms with Gasteiger partial charge in [-0.3, -0.25) is 10.00 Å². The Labute approximate surface area is 209 Å². The number of aryl methyl sites for hydroxylation is 1. The summed E-state index contributed by atoms with van der Waals surface area (Å²) < 4.78 is 21.0. The minimum atomic E-state index is -0.387. The lowest BCUT2D eigenvalue weighted by Crippen LogP contribution is -2.45. The van der Waals surface area contributed by atoms with Crippen molar-refractivity contribution in [3.63, 3.8) is 0 Å². The fourth-order valence-electron chi connectivity index (χ4n) is 5.25. The molecular weight excluding hydrogens is 457 g/mol. The molecule has 4 aromatic rings. The topological polar surface area (TPSA) is 90.1 Å². The number of aromatic amines is 2. The number of fused-ring (bicyclic) bond motifs is 1. The number of rotatable bonds is 6. The van der Waals surface area contributed by atoms with Gasteiger partial charge in [-0.25, -0.2) is 9.37 Å². The summed E-state index contributed by atoms with van der Waals surface area (Å²) in [5.74, 6) is 1.05. The molecule has 3 N–H and O–H groups in total. The van der Waals surface area contributed by atoms with Crippen LogP contribution in [0.1, 0.15) is 31.5 Å². The van der Waals surface area contributed by atoms with Crippen LogP contribution in [0.5, 0.6) is 5.75 Å². The van der Waals surface area contributed by atoms with Gasteiger partial charge >= 0.3 is 0 Å². The Morgan fingerprint density at radius 2 is 2.03 bits per heavy atom. The van der Waals surface area contributed by atoms with E-state index < -0.39 is 0 Å².